The lowest BCUT2D eigenvalue weighted by atomic mass is 10.1. The van der Waals surface area contributed by atoms with Gasteiger partial charge in [0.15, 0.2) is 0 Å². The molecule has 0 aliphatic heterocycles. The number of hydrogen-bond donors (Lipinski definition) is 1. The van der Waals surface area contributed by atoms with Crippen molar-refractivity contribution in [3.63, 3.8) is 0 Å². The lowest BCUT2D eigenvalue weighted by Crippen LogP contribution is -2.33. The lowest BCUT2D eigenvalue weighted by molar-refractivity contribution is -0.139. The van der Waals surface area contributed by atoms with Crippen molar-refractivity contribution in [2.24, 2.45) is 0 Å². The minimum absolute atomic E-state index is 0.249. The van der Waals surface area contributed by atoms with Gasteiger partial charge in [0.2, 0.25) is 0 Å². The first-order valence-corrected chi connectivity index (χ1v) is 5.40. The Morgan fingerprint density at radius 2 is 1.82 bits per heavy atom. The maximum atomic E-state index is 12.2. The fourth-order valence-electron chi connectivity index (χ4n) is 1.76. The van der Waals surface area contributed by atoms with E-state index in [1.165, 1.54) is 13.1 Å². The number of nitrogens with one attached hydrogen (secondary N) is 1. The van der Waals surface area contributed by atoms with Gasteiger partial charge in [-0.1, -0.05) is 0 Å². The fourth-order valence-corrected chi connectivity index (χ4v) is 1.76. The molecule has 0 radical (unpaired) electrons. The van der Waals surface area contributed by atoms with E-state index in [1.54, 1.807) is 20.0 Å². The van der Waals surface area contributed by atoms with E-state index in [-0.39, 0.29) is 6.04 Å². The Morgan fingerprint density at radius 1 is 1.24 bits per heavy atom. The van der Waals surface area contributed by atoms with E-state index >= 15 is 0 Å². The molecule has 0 fully saturated rings. The highest BCUT2D eigenvalue weighted by molar-refractivity contribution is 5.12. The van der Waals surface area contributed by atoms with Crippen LogP contribution in [0, 0.1) is 6.92 Å². The van der Waals surface area contributed by atoms with E-state index in [9.17, 15) is 13.2 Å². The highest BCUT2D eigenvalue weighted by Crippen LogP contribution is 2.23. The second-order valence-electron chi connectivity index (χ2n) is 4.14. The van der Waals surface area contributed by atoms with Gasteiger partial charge in [0, 0.05) is 24.5 Å². The minimum Gasteiger partial charge on any atom is -0.306 e. The van der Waals surface area contributed by atoms with Crippen molar-refractivity contribution in [2.45, 2.75) is 45.5 Å². The van der Waals surface area contributed by atoms with Crippen molar-refractivity contribution in [2.75, 3.05) is 0 Å². The van der Waals surface area contributed by atoms with Gasteiger partial charge in [-0.3, -0.25) is 9.97 Å². The molecule has 0 bridgehead atoms. The van der Waals surface area contributed by atoms with Crippen LogP contribution in [-0.2, 0) is 0 Å². The Hall–Kier alpha value is -1.17. The Bertz CT molecular complexity index is 365. The van der Waals surface area contributed by atoms with Crippen LogP contribution in [0.3, 0.4) is 0 Å². The van der Waals surface area contributed by atoms with Crippen molar-refractivity contribution in [1.29, 1.82) is 0 Å². The van der Waals surface area contributed by atoms with E-state index in [1.807, 2.05) is 0 Å². The largest absolute Gasteiger partial charge is 0.390 e. The summed E-state index contributed by atoms with van der Waals surface area (Å²) in [5.41, 5.74) is 1.41. The molecule has 0 spiro atoms. The Labute approximate surface area is 98.5 Å². The molecular formula is C11H16F3N3. The van der Waals surface area contributed by atoms with E-state index < -0.39 is 18.6 Å². The second-order valence-corrected chi connectivity index (χ2v) is 4.14. The molecule has 17 heavy (non-hydrogen) atoms. The molecule has 0 aromatic carbocycles. The zero-order valence-corrected chi connectivity index (χ0v) is 10.0. The van der Waals surface area contributed by atoms with Gasteiger partial charge in [0.25, 0.3) is 0 Å². The Balaban J connectivity index is 2.61. The fraction of sp³-hybridized carbons (Fsp3) is 0.636. The smallest absolute Gasteiger partial charge is 0.306 e. The quantitative estimate of drug-likeness (QED) is 0.889. The van der Waals surface area contributed by atoms with Crippen LogP contribution >= 0.6 is 0 Å². The molecule has 2 unspecified atom stereocenters. The summed E-state index contributed by atoms with van der Waals surface area (Å²) in [6.45, 7) is 5.08. The normalized spacial score (nSPS) is 15.6. The molecule has 2 atom stereocenters. The third kappa shape index (κ3) is 4.68. The van der Waals surface area contributed by atoms with Crippen molar-refractivity contribution in [3.8, 4) is 0 Å². The molecule has 1 aromatic rings. The molecule has 3 nitrogen and oxygen atoms in total. The Kier molecular flexibility index (Phi) is 4.45. The predicted octanol–water partition coefficient (Wildman–Crippen LogP) is 2.78. The molecule has 1 N–H and O–H groups in total. The molecule has 0 amide bonds. The van der Waals surface area contributed by atoms with Crippen molar-refractivity contribution in [1.82, 2.24) is 15.3 Å². The summed E-state index contributed by atoms with van der Waals surface area (Å²) >= 11 is 0. The molecule has 0 saturated heterocycles. The topological polar surface area (TPSA) is 37.8 Å². The van der Waals surface area contributed by atoms with Gasteiger partial charge < -0.3 is 5.32 Å². The summed E-state index contributed by atoms with van der Waals surface area (Å²) in [6, 6.07) is -0.896. The molecule has 1 aromatic heterocycles. The van der Waals surface area contributed by atoms with Gasteiger partial charge in [-0.05, 0) is 20.8 Å². The number of alkyl halides is 3. The third-order valence-electron chi connectivity index (χ3n) is 2.40. The monoisotopic (exact) mass is 247 g/mol. The van der Waals surface area contributed by atoms with E-state index in [0.717, 1.165) is 5.69 Å². The summed E-state index contributed by atoms with van der Waals surface area (Å²) in [5.74, 6) is 0. The van der Waals surface area contributed by atoms with Gasteiger partial charge >= 0.3 is 6.18 Å². The second kappa shape index (κ2) is 5.44. The highest BCUT2D eigenvalue weighted by atomic mass is 19.4. The van der Waals surface area contributed by atoms with Crippen LogP contribution < -0.4 is 5.32 Å². The molecule has 0 aliphatic rings. The molecule has 0 aliphatic carbocycles. The van der Waals surface area contributed by atoms with Gasteiger partial charge in [0.1, 0.15) is 0 Å². The molecule has 0 saturated carbocycles. The predicted molar refractivity (Wildman–Crippen MR) is 58.5 cm³/mol. The van der Waals surface area contributed by atoms with Gasteiger partial charge in [-0.25, -0.2) is 0 Å². The minimum atomic E-state index is -4.15. The first kappa shape index (κ1) is 13.9. The van der Waals surface area contributed by atoms with Crippen LogP contribution in [0.25, 0.3) is 0 Å². The summed E-state index contributed by atoms with van der Waals surface area (Å²) in [4.78, 5) is 8.18. The van der Waals surface area contributed by atoms with Crippen LogP contribution in [0.5, 0.6) is 0 Å². The average Bonchev–Trinajstić information content (AvgIpc) is 2.14. The summed E-state index contributed by atoms with van der Waals surface area (Å²) in [5, 5.41) is 2.87. The van der Waals surface area contributed by atoms with E-state index in [2.05, 4.69) is 15.3 Å². The van der Waals surface area contributed by atoms with Crippen LogP contribution in [0.15, 0.2) is 12.4 Å². The average molecular weight is 247 g/mol. The zero-order chi connectivity index (χ0) is 13.1. The number of rotatable bonds is 4. The number of hydrogen-bond acceptors (Lipinski definition) is 3. The zero-order valence-electron chi connectivity index (χ0n) is 10.0. The maximum absolute atomic E-state index is 12.2. The number of nitrogens with zero attached hydrogens (tertiary/aromatic N) is 2. The number of aryl methyl sites for hydroxylation is 1. The number of aromatic nitrogens is 2. The van der Waals surface area contributed by atoms with Crippen molar-refractivity contribution >= 4 is 0 Å². The van der Waals surface area contributed by atoms with Gasteiger partial charge in [-0.2, -0.15) is 13.2 Å². The van der Waals surface area contributed by atoms with Crippen LogP contribution in [0.2, 0.25) is 0 Å². The molecule has 6 heteroatoms. The maximum Gasteiger partial charge on any atom is 0.390 e. The van der Waals surface area contributed by atoms with Gasteiger partial charge in [0.05, 0.1) is 17.8 Å². The summed E-state index contributed by atoms with van der Waals surface area (Å²) in [6.07, 6.45) is -1.90. The van der Waals surface area contributed by atoms with Crippen molar-refractivity contribution in [3.05, 3.63) is 23.8 Å². The SMILES string of the molecule is Cc1nccnc1C(C)NC(C)CC(F)(F)F. The lowest BCUT2D eigenvalue weighted by Gasteiger charge is -2.21. The third-order valence-corrected chi connectivity index (χ3v) is 2.40. The summed E-state index contributed by atoms with van der Waals surface area (Å²) < 4.78 is 36.5. The van der Waals surface area contributed by atoms with Crippen LogP contribution in [0.1, 0.15) is 37.7 Å². The van der Waals surface area contributed by atoms with Crippen LogP contribution in [0.4, 0.5) is 13.2 Å². The molecule has 1 rings (SSSR count). The highest BCUT2D eigenvalue weighted by Gasteiger charge is 2.30. The number of halogens is 3. The standard InChI is InChI=1S/C11H16F3N3/c1-7(6-11(12,13)14)17-9(3)10-8(2)15-4-5-16-10/h4-5,7,9,17H,6H2,1-3H3. The van der Waals surface area contributed by atoms with E-state index in [4.69, 9.17) is 0 Å². The summed E-state index contributed by atoms with van der Waals surface area (Å²) in [7, 11) is 0. The van der Waals surface area contributed by atoms with Crippen LogP contribution in [-0.4, -0.2) is 22.2 Å². The van der Waals surface area contributed by atoms with Crippen molar-refractivity contribution < 1.29 is 13.2 Å². The van der Waals surface area contributed by atoms with Gasteiger partial charge in [-0.15, -0.1) is 0 Å². The molecular weight excluding hydrogens is 231 g/mol. The first-order chi connectivity index (χ1) is 7.79. The molecule has 96 valence electrons. The molecule has 1 heterocycles. The Morgan fingerprint density at radius 3 is 2.35 bits per heavy atom. The first-order valence-electron chi connectivity index (χ1n) is 5.40. The van der Waals surface area contributed by atoms with E-state index in [0.29, 0.717) is 5.69 Å².